The number of nitro benzene ring substituents is 1. The Kier molecular flexibility index (Phi) is 7.53. The number of aryl methyl sites for hydroxylation is 1. The van der Waals surface area contributed by atoms with Gasteiger partial charge in [0.05, 0.1) is 36.0 Å². The van der Waals surface area contributed by atoms with Crippen molar-refractivity contribution >= 4 is 35.3 Å². The number of urea groups is 1. The molecular formula is C25H27N3O7. The molecule has 1 aliphatic heterocycles. The summed E-state index contributed by atoms with van der Waals surface area (Å²) >= 11 is 0. The van der Waals surface area contributed by atoms with E-state index >= 15 is 0 Å². The number of barbiturate groups is 1. The van der Waals surface area contributed by atoms with E-state index in [4.69, 9.17) is 9.47 Å². The number of nitrogens with one attached hydrogen (secondary N) is 1. The van der Waals surface area contributed by atoms with Crippen LogP contribution in [-0.2, 0) is 9.59 Å². The van der Waals surface area contributed by atoms with Gasteiger partial charge in [0.15, 0.2) is 11.5 Å². The quantitative estimate of drug-likeness (QED) is 0.257. The summed E-state index contributed by atoms with van der Waals surface area (Å²) in [4.78, 5) is 50.4. The van der Waals surface area contributed by atoms with E-state index in [-0.39, 0.29) is 22.7 Å². The third-order valence-electron chi connectivity index (χ3n) is 5.68. The van der Waals surface area contributed by atoms with Crippen molar-refractivity contribution in [1.29, 1.82) is 0 Å². The summed E-state index contributed by atoms with van der Waals surface area (Å²) in [6, 6.07) is 6.73. The Morgan fingerprint density at radius 3 is 2.49 bits per heavy atom. The van der Waals surface area contributed by atoms with Crippen LogP contribution in [0.15, 0.2) is 35.9 Å². The van der Waals surface area contributed by atoms with Crippen molar-refractivity contribution in [3.05, 3.63) is 62.7 Å². The second-order valence-electron chi connectivity index (χ2n) is 8.53. The number of rotatable bonds is 8. The maximum Gasteiger partial charge on any atom is 0.335 e. The second kappa shape index (κ2) is 10.4. The normalized spacial score (nSPS) is 15.0. The lowest BCUT2D eigenvalue weighted by molar-refractivity contribution is -0.385. The SMILES string of the molecule is COc1cc(/C=C2/C(=O)NC(=O)N(c3cccc(C)c3C)C2=O)c([N+](=O)[O-])cc1OCCC(C)C. The smallest absolute Gasteiger partial charge is 0.335 e. The molecule has 184 valence electrons. The predicted octanol–water partition coefficient (Wildman–Crippen LogP) is 4.31. The lowest BCUT2D eigenvalue weighted by Gasteiger charge is -2.28. The van der Waals surface area contributed by atoms with Crippen molar-refractivity contribution in [2.75, 3.05) is 18.6 Å². The number of benzene rings is 2. The van der Waals surface area contributed by atoms with Crippen LogP contribution in [0.2, 0.25) is 0 Å². The number of carbonyl (C=O) groups excluding carboxylic acids is 3. The topological polar surface area (TPSA) is 128 Å². The molecule has 1 aliphatic rings. The molecule has 2 aromatic rings. The number of amides is 4. The Bertz CT molecular complexity index is 1230. The molecule has 35 heavy (non-hydrogen) atoms. The molecule has 0 aromatic heterocycles. The number of anilines is 1. The number of hydrogen-bond donors (Lipinski definition) is 1. The second-order valence-corrected chi connectivity index (χ2v) is 8.53. The van der Waals surface area contributed by atoms with Crippen LogP contribution < -0.4 is 19.7 Å². The molecule has 1 N–H and O–H groups in total. The maximum atomic E-state index is 13.3. The van der Waals surface area contributed by atoms with Gasteiger partial charge in [0.25, 0.3) is 17.5 Å². The fourth-order valence-corrected chi connectivity index (χ4v) is 3.53. The largest absolute Gasteiger partial charge is 0.493 e. The molecule has 1 fully saturated rings. The number of carbonyl (C=O) groups is 3. The molecule has 10 heteroatoms. The van der Waals surface area contributed by atoms with Gasteiger partial charge in [0, 0.05) is 0 Å². The minimum Gasteiger partial charge on any atom is -0.493 e. The summed E-state index contributed by atoms with van der Waals surface area (Å²) in [5, 5.41) is 13.9. The van der Waals surface area contributed by atoms with Gasteiger partial charge < -0.3 is 9.47 Å². The molecular weight excluding hydrogens is 454 g/mol. The van der Waals surface area contributed by atoms with Crippen molar-refractivity contribution < 1.29 is 28.8 Å². The van der Waals surface area contributed by atoms with Gasteiger partial charge in [-0.15, -0.1) is 0 Å². The van der Waals surface area contributed by atoms with E-state index in [0.717, 1.165) is 23.0 Å². The average Bonchev–Trinajstić information content (AvgIpc) is 2.79. The maximum absolute atomic E-state index is 13.3. The van der Waals surface area contributed by atoms with Gasteiger partial charge in [-0.2, -0.15) is 0 Å². The van der Waals surface area contributed by atoms with Crippen LogP contribution in [0, 0.1) is 29.9 Å². The highest BCUT2D eigenvalue weighted by atomic mass is 16.6. The zero-order chi connectivity index (χ0) is 25.9. The van der Waals surface area contributed by atoms with E-state index in [1.807, 2.05) is 26.8 Å². The van der Waals surface area contributed by atoms with Gasteiger partial charge in [-0.1, -0.05) is 26.0 Å². The first kappa shape index (κ1) is 25.4. The third kappa shape index (κ3) is 5.32. The van der Waals surface area contributed by atoms with Crippen LogP contribution in [0.1, 0.15) is 37.0 Å². The number of ether oxygens (including phenoxy) is 2. The lowest BCUT2D eigenvalue weighted by Crippen LogP contribution is -2.54. The molecule has 3 rings (SSSR count). The first-order valence-corrected chi connectivity index (χ1v) is 11.0. The Morgan fingerprint density at radius 1 is 1.14 bits per heavy atom. The molecule has 1 saturated heterocycles. The standard InChI is InChI=1S/C25H27N3O7/c1-14(2)9-10-35-22-13-20(28(32)33)17(12-21(22)34-5)11-18-23(29)26-25(31)27(24(18)30)19-8-6-7-15(3)16(19)4/h6-8,11-14H,9-10H2,1-5H3,(H,26,29,31)/b18-11-. The fraction of sp³-hybridized carbons (Fsp3) is 0.320. The monoisotopic (exact) mass is 481 g/mol. The van der Waals surface area contributed by atoms with Crippen molar-refractivity contribution in [1.82, 2.24) is 5.32 Å². The van der Waals surface area contributed by atoms with Crippen LogP contribution >= 0.6 is 0 Å². The van der Waals surface area contributed by atoms with Crippen LogP contribution in [0.5, 0.6) is 11.5 Å². The highest BCUT2D eigenvalue weighted by Gasteiger charge is 2.38. The minimum absolute atomic E-state index is 0.0446. The first-order valence-electron chi connectivity index (χ1n) is 11.0. The molecule has 10 nitrogen and oxygen atoms in total. The first-order chi connectivity index (χ1) is 16.5. The highest BCUT2D eigenvalue weighted by molar-refractivity contribution is 6.39. The summed E-state index contributed by atoms with van der Waals surface area (Å²) in [5.41, 5.74) is 0.987. The van der Waals surface area contributed by atoms with E-state index in [2.05, 4.69) is 5.32 Å². The molecule has 0 bridgehead atoms. The average molecular weight is 482 g/mol. The summed E-state index contributed by atoms with van der Waals surface area (Å²) < 4.78 is 11.0. The molecule has 0 aliphatic carbocycles. The van der Waals surface area contributed by atoms with Gasteiger partial charge in [-0.05, 0) is 55.5 Å². The Hall–Kier alpha value is -4.21. The molecule has 0 saturated carbocycles. The van der Waals surface area contributed by atoms with Gasteiger partial charge in [-0.3, -0.25) is 25.0 Å². The number of nitro groups is 1. The zero-order valence-corrected chi connectivity index (χ0v) is 20.2. The minimum atomic E-state index is -0.952. The highest BCUT2D eigenvalue weighted by Crippen LogP contribution is 2.37. The summed E-state index contributed by atoms with van der Waals surface area (Å²) in [6.07, 6.45) is 1.82. The molecule has 0 unspecified atom stereocenters. The van der Waals surface area contributed by atoms with Gasteiger partial charge in [-0.25, -0.2) is 9.69 Å². The lowest BCUT2D eigenvalue weighted by atomic mass is 10.0. The molecule has 0 radical (unpaired) electrons. The van der Waals surface area contributed by atoms with E-state index in [1.54, 1.807) is 19.1 Å². The van der Waals surface area contributed by atoms with Crippen LogP contribution in [0.25, 0.3) is 6.08 Å². The number of nitrogens with zero attached hydrogens (tertiary/aromatic N) is 2. The van der Waals surface area contributed by atoms with Crippen LogP contribution in [0.4, 0.5) is 16.2 Å². The molecule has 0 spiro atoms. The molecule has 2 aromatic carbocycles. The van der Waals surface area contributed by atoms with Gasteiger partial charge in [0.2, 0.25) is 0 Å². The molecule has 0 atom stereocenters. The van der Waals surface area contributed by atoms with Crippen molar-refractivity contribution in [2.45, 2.75) is 34.1 Å². The Morgan fingerprint density at radius 2 is 1.86 bits per heavy atom. The van der Waals surface area contributed by atoms with Crippen molar-refractivity contribution in [3.8, 4) is 11.5 Å². The number of methoxy groups -OCH3 is 1. The van der Waals surface area contributed by atoms with E-state index in [0.29, 0.717) is 23.8 Å². The van der Waals surface area contributed by atoms with Crippen molar-refractivity contribution in [2.24, 2.45) is 5.92 Å². The third-order valence-corrected chi connectivity index (χ3v) is 5.68. The zero-order valence-electron chi connectivity index (χ0n) is 20.2. The fourth-order valence-electron chi connectivity index (χ4n) is 3.53. The summed E-state index contributed by atoms with van der Waals surface area (Å²) in [7, 11) is 1.38. The molecule has 1 heterocycles. The van der Waals surface area contributed by atoms with E-state index in [1.165, 1.54) is 19.2 Å². The molecule has 4 amide bonds. The Labute approximate surface area is 202 Å². The van der Waals surface area contributed by atoms with Gasteiger partial charge in [0.1, 0.15) is 5.57 Å². The predicted molar refractivity (Wildman–Crippen MR) is 130 cm³/mol. The van der Waals surface area contributed by atoms with Crippen LogP contribution in [0.3, 0.4) is 0 Å². The van der Waals surface area contributed by atoms with E-state index < -0.39 is 28.3 Å². The number of hydrogen-bond acceptors (Lipinski definition) is 7. The van der Waals surface area contributed by atoms with Crippen LogP contribution in [-0.4, -0.2) is 36.5 Å². The Balaban J connectivity index is 2.08. The van der Waals surface area contributed by atoms with Crippen molar-refractivity contribution in [3.63, 3.8) is 0 Å². The van der Waals surface area contributed by atoms with Gasteiger partial charge >= 0.3 is 6.03 Å². The van der Waals surface area contributed by atoms with E-state index in [9.17, 15) is 24.5 Å². The number of imide groups is 2. The summed E-state index contributed by atoms with van der Waals surface area (Å²) in [5.74, 6) is -1.09. The summed E-state index contributed by atoms with van der Waals surface area (Å²) in [6.45, 7) is 7.96.